The number of alkyl halides is 6. The quantitative estimate of drug-likeness (QED) is 0.415. The number of piperidine rings is 1. The fourth-order valence-corrected chi connectivity index (χ4v) is 4.38. The first kappa shape index (κ1) is 28.6. The van der Waals surface area contributed by atoms with Crippen LogP contribution in [0.2, 0.25) is 5.02 Å². The molecule has 0 aliphatic carbocycles. The van der Waals surface area contributed by atoms with E-state index in [9.17, 15) is 35.9 Å². The summed E-state index contributed by atoms with van der Waals surface area (Å²) in [5.74, 6) is -0.940. The zero-order valence-corrected chi connectivity index (χ0v) is 20.6. The van der Waals surface area contributed by atoms with Crippen LogP contribution in [0, 0.1) is 0 Å². The minimum atomic E-state index is -5.07. The van der Waals surface area contributed by atoms with Crippen molar-refractivity contribution in [1.29, 1.82) is 0 Å². The van der Waals surface area contributed by atoms with Gasteiger partial charge in [0.2, 0.25) is 0 Å². The predicted octanol–water partition coefficient (Wildman–Crippen LogP) is 6.30. The standard InChI is InChI=1S/C25H26ClF6N3O2/c1-2-8-33-23(37)34-20-7-9-35(21(14-20)10-15-3-5-19(26)6-4-15)22(36)16-11-17(24(27,28)29)13-18(12-16)25(30,31)32/h3-6,11-13,20-21H,2,7-10,14H2,1H3,(H2,33,34,37)/t20-,21+/m0/s1. The predicted molar refractivity (Wildman–Crippen MR) is 126 cm³/mol. The van der Waals surface area contributed by atoms with Crippen molar-refractivity contribution in [1.82, 2.24) is 15.5 Å². The van der Waals surface area contributed by atoms with E-state index in [1.807, 2.05) is 6.92 Å². The minimum Gasteiger partial charge on any atom is -0.338 e. The summed E-state index contributed by atoms with van der Waals surface area (Å²) in [4.78, 5) is 26.8. The molecule has 0 saturated carbocycles. The highest BCUT2D eigenvalue weighted by atomic mass is 35.5. The molecule has 2 aromatic carbocycles. The van der Waals surface area contributed by atoms with Gasteiger partial charge in [0, 0.05) is 35.8 Å². The third-order valence-electron chi connectivity index (χ3n) is 6.07. The Labute approximate surface area is 215 Å². The van der Waals surface area contributed by atoms with E-state index in [-0.39, 0.29) is 43.9 Å². The first-order valence-corrected chi connectivity index (χ1v) is 12.0. The van der Waals surface area contributed by atoms with Gasteiger partial charge in [0.25, 0.3) is 5.91 Å². The number of halogens is 7. The molecule has 0 radical (unpaired) electrons. The maximum Gasteiger partial charge on any atom is 0.416 e. The lowest BCUT2D eigenvalue weighted by atomic mass is 9.91. The molecule has 0 unspecified atom stereocenters. The summed E-state index contributed by atoms with van der Waals surface area (Å²) in [5, 5.41) is 6.00. The van der Waals surface area contributed by atoms with Gasteiger partial charge < -0.3 is 15.5 Å². The lowest BCUT2D eigenvalue weighted by molar-refractivity contribution is -0.143. The van der Waals surface area contributed by atoms with Gasteiger partial charge in [0.15, 0.2) is 0 Å². The van der Waals surface area contributed by atoms with Crippen LogP contribution in [-0.2, 0) is 18.8 Å². The summed E-state index contributed by atoms with van der Waals surface area (Å²) in [6, 6.07) is 6.29. The molecule has 37 heavy (non-hydrogen) atoms. The molecule has 1 fully saturated rings. The third-order valence-corrected chi connectivity index (χ3v) is 6.32. The smallest absolute Gasteiger partial charge is 0.338 e. The summed E-state index contributed by atoms with van der Waals surface area (Å²) in [6.45, 7) is 2.40. The van der Waals surface area contributed by atoms with Crippen LogP contribution in [0.15, 0.2) is 42.5 Å². The number of rotatable bonds is 6. The van der Waals surface area contributed by atoms with Crippen molar-refractivity contribution in [2.45, 2.75) is 57.0 Å². The van der Waals surface area contributed by atoms with Crippen LogP contribution in [0.4, 0.5) is 31.1 Å². The molecule has 12 heteroatoms. The van der Waals surface area contributed by atoms with Crippen LogP contribution >= 0.6 is 11.6 Å². The van der Waals surface area contributed by atoms with Crippen molar-refractivity contribution in [2.75, 3.05) is 13.1 Å². The van der Waals surface area contributed by atoms with Crippen molar-refractivity contribution in [2.24, 2.45) is 0 Å². The number of likely N-dealkylation sites (tertiary alicyclic amines) is 1. The Morgan fingerprint density at radius 1 is 1.00 bits per heavy atom. The fourth-order valence-electron chi connectivity index (χ4n) is 4.25. The first-order valence-electron chi connectivity index (χ1n) is 11.7. The molecule has 202 valence electrons. The molecular weight excluding hydrogens is 524 g/mol. The monoisotopic (exact) mass is 549 g/mol. The average Bonchev–Trinajstić information content (AvgIpc) is 2.82. The zero-order chi connectivity index (χ0) is 27.4. The van der Waals surface area contributed by atoms with Crippen LogP contribution in [-0.4, -0.2) is 42.0 Å². The molecule has 1 aliphatic heterocycles. The number of nitrogens with one attached hydrogen (secondary N) is 2. The molecule has 0 aromatic heterocycles. The molecule has 1 aliphatic rings. The molecular formula is C25H26ClF6N3O2. The van der Waals surface area contributed by atoms with Crippen LogP contribution in [0.3, 0.4) is 0 Å². The molecule has 3 rings (SSSR count). The molecule has 1 saturated heterocycles. The van der Waals surface area contributed by atoms with Crippen LogP contribution in [0.1, 0.15) is 53.2 Å². The van der Waals surface area contributed by atoms with E-state index in [1.54, 1.807) is 24.3 Å². The van der Waals surface area contributed by atoms with Crippen LogP contribution < -0.4 is 10.6 Å². The van der Waals surface area contributed by atoms with Gasteiger partial charge in [0.05, 0.1) is 11.1 Å². The summed E-state index contributed by atoms with van der Waals surface area (Å²) in [7, 11) is 0. The molecule has 0 spiro atoms. The number of carbonyl (C=O) groups is 2. The van der Waals surface area contributed by atoms with Crippen molar-refractivity contribution >= 4 is 23.5 Å². The lowest BCUT2D eigenvalue weighted by Gasteiger charge is -2.40. The van der Waals surface area contributed by atoms with Crippen molar-refractivity contribution in [3.8, 4) is 0 Å². The molecule has 0 bridgehead atoms. The van der Waals surface area contributed by atoms with Crippen molar-refractivity contribution < 1.29 is 35.9 Å². The Morgan fingerprint density at radius 2 is 1.59 bits per heavy atom. The van der Waals surface area contributed by atoms with E-state index < -0.39 is 41.0 Å². The highest BCUT2D eigenvalue weighted by molar-refractivity contribution is 6.30. The number of benzene rings is 2. The number of carbonyl (C=O) groups excluding carboxylic acids is 2. The van der Waals surface area contributed by atoms with Gasteiger partial charge >= 0.3 is 18.4 Å². The Morgan fingerprint density at radius 3 is 2.14 bits per heavy atom. The molecule has 2 aromatic rings. The maximum absolute atomic E-state index is 13.4. The van der Waals surface area contributed by atoms with Gasteiger partial charge in [-0.05, 0) is 61.6 Å². The second-order valence-corrected chi connectivity index (χ2v) is 9.34. The highest BCUT2D eigenvalue weighted by Crippen LogP contribution is 2.37. The van der Waals surface area contributed by atoms with E-state index >= 15 is 0 Å². The van der Waals surface area contributed by atoms with E-state index in [4.69, 9.17) is 11.6 Å². The summed E-state index contributed by atoms with van der Waals surface area (Å²) >= 11 is 5.94. The molecule has 2 atom stereocenters. The number of urea groups is 1. The topological polar surface area (TPSA) is 61.4 Å². The zero-order valence-electron chi connectivity index (χ0n) is 19.8. The highest BCUT2D eigenvalue weighted by Gasteiger charge is 2.39. The van der Waals surface area contributed by atoms with Gasteiger partial charge in [-0.25, -0.2) is 4.79 Å². The van der Waals surface area contributed by atoms with Crippen LogP contribution in [0.25, 0.3) is 0 Å². The van der Waals surface area contributed by atoms with Crippen LogP contribution in [0.5, 0.6) is 0 Å². The minimum absolute atomic E-state index is 0.00690. The first-order chi connectivity index (χ1) is 17.3. The number of hydrogen-bond donors (Lipinski definition) is 2. The molecule has 1 heterocycles. The Kier molecular flexibility index (Phi) is 8.99. The SMILES string of the molecule is CCCNC(=O)N[C@H]1CCN(C(=O)c2cc(C(F)(F)F)cc(C(F)(F)F)c2)[C@H](Cc2ccc(Cl)cc2)C1. The fraction of sp³-hybridized carbons (Fsp3) is 0.440. The van der Waals surface area contributed by atoms with Gasteiger partial charge in [0.1, 0.15) is 0 Å². The van der Waals surface area contributed by atoms with Crippen molar-refractivity contribution in [3.05, 3.63) is 69.7 Å². The maximum atomic E-state index is 13.4. The van der Waals surface area contributed by atoms with E-state index in [1.165, 1.54) is 4.90 Å². The van der Waals surface area contributed by atoms with Gasteiger partial charge in [-0.1, -0.05) is 30.7 Å². The molecule has 3 amide bonds. The second kappa shape index (κ2) is 11.6. The van der Waals surface area contributed by atoms with Gasteiger partial charge in [-0.15, -0.1) is 0 Å². The largest absolute Gasteiger partial charge is 0.416 e. The molecule has 2 N–H and O–H groups in total. The number of amides is 3. The number of hydrogen-bond acceptors (Lipinski definition) is 2. The summed E-state index contributed by atoms with van der Waals surface area (Å²) in [6.07, 6.45) is -8.59. The van der Waals surface area contributed by atoms with E-state index in [0.29, 0.717) is 23.7 Å². The van der Waals surface area contributed by atoms with E-state index in [2.05, 4.69) is 10.6 Å². The molecule has 5 nitrogen and oxygen atoms in total. The Balaban J connectivity index is 1.91. The third kappa shape index (κ3) is 7.77. The van der Waals surface area contributed by atoms with E-state index in [0.717, 1.165) is 12.0 Å². The van der Waals surface area contributed by atoms with Crippen molar-refractivity contribution in [3.63, 3.8) is 0 Å². The lowest BCUT2D eigenvalue weighted by Crippen LogP contribution is -2.54. The number of nitrogens with zero attached hydrogens (tertiary/aromatic N) is 1. The summed E-state index contributed by atoms with van der Waals surface area (Å²) in [5.41, 5.74) is -3.04. The van der Waals surface area contributed by atoms with Gasteiger partial charge in [-0.2, -0.15) is 26.3 Å². The average molecular weight is 550 g/mol. The van der Waals surface area contributed by atoms with Gasteiger partial charge in [-0.3, -0.25) is 4.79 Å². The Hall–Kier alpha value is -2.95. The normalized spacial score (nSPS) is 18.4. The second-order valence-electron chi connectivity index (χ2n) is 8.90. The summed E-state index contributed by atoms with van der Waals surface area (Å²) < 4.78 is 80.1. The Bertz CT molecular complexity index is 1070.